The summed E-state index contributed by atoms with van der Waals surface area (Å²) in [6.45, 7) is 2.11. The maximum atomic E-state index is 4.28. The van der Waals surface area contributed by atoms with Crippen LogP contribution in [0, 0.1) is 0 Å². The van der Waals surface area contributed by atoms with Gasteiger partial charge in [0, 0.05) is 21.7 Å². The Bertz CT molecular complexity index is 411. The van der Waals surface area contributed by atoms with Gasteiger partial charge in [0.05, 0.1) is 6.04 Å². The van der Waals surface area contributed by atoms with Gasteiger partial charge >= 0.3 is 0 Å². The minimum absolute atomic E-state index is 0.256. The van der Waals surface area contributed by atoms with Crippen molar-refractivity contribution in [3.63, 3.8) is 0 Å². The van der Waals surface area contributed by atoms with Crippen molar-refractivity contribution in [2.24, 2.45) is 0 Å². The SMILES string of the molecule is CC(Nc1ccc(Br)cc1)c1nccs1. The first-order chi connectivity index (χ1) is 7.25. The Kier molecular flexibility index (Phi) is 3.38. The summed E-state index contributed by atoms with van der Waals surface area (Å²) in [5.74, 6) is 0. The number of halogens is 1. The molecule has 1 N–H and O–H groups in total. The van der Waals surface area contributed by atoms with Gasteiger partial charge in [-0.2, -0.15) is 0 Å². The van der Waals surface area contributed by atoms with Crippen LogP contribution in [0.25, 0.3) is 0 Å². The first-order valence-corrected chi connectivity index (χ1v) is 6.34. The molecule has 2 rings (SSSR count). The molecule has 15 heavy (non-hydrogen) atoms. The van der Waals surface area contributed by atoms with Gasteiger partial charge in [0.25, 0.3) is 0 Å². The number of benzene rings is 1. The van der Waals surface area contributed by atoms with E-state index in [0.717, 1.165) is 15.2 Å². The Morgan fingerprint density at radius 3 is 2.67 bits per heavy atom. The highest BCUT2D eigenvalue weighted by Gasteiger charge is 2.06. The van der Waals surface area contributed by atoms with Crippen LogP contribution in [0.5, 0.6) is 0 Å². The van der Waals surface area contributed by atoms with Gasteiger partial charge in [-0.25, -0.2) is 4.98 Å². The van der Waals surface area contributed by atoms with E-state index in [0.29, 0.717) is 0 Å². The summed E-state index contributed by atoms with van der Waals surface area (Å²) >= 11 is 5.08. The number of rotatable bonds is 3. The van der Waals surface area contributed by atoms with Crippen molar-refractivity contribution < 1.29 is 0 Å². The molecule has 0 radical (unpaired) electrons. The van der Waals surface area contributed by atoms with E-state index in [1.54, 1.807) is 11.3 Å². The second-order valence-electron chi connectivity index (χ2n) is 3.24. The van der Waals surface area contributed by atoms with E-state index < -0.39 is 0 Å². The molecule has 0 spiro atoms. The molecule has 2 nitrogen and oxygen atoms in total. The molecular formula is C11H11BrN2S. The first-order valence-electron chi connectivity index (χ1n) is 4.67. The highest BCUT2D eigenvalue weighted by atomic mass is 79.9. The van der Waals surface area contributed by atoms with Crippen LogP contribution < -0.4 is 5.32 Å². The Morgan fingerprint density at radius 2 is 2.07 bits per heavy atom. The molecule has 1 atom stereocenters. The number of nitrogens with one attached hydrogen (secondary N) is 1. The number of anilines is 1. The molecule has 1 unspecified atom stereocenters. The molecule has 0 fully saturated rings. The van der Waals surface area contributed by atoms with Crippen molar-refractivity contribution in [3.8, 4) is 0 Å². The molecule has 0 saturated carbocycles. The van der Waals surface area contributed by atoms with Gasteiger partial charge in [-0.15, -0.1) is 11.3 Å². The largest absolute Gasteiger partial charge is 0.376 e. The van der Waals surface area contributed by atoms with Gasteiger partial charge in [-0.3, -0.25) is 0 Å². The number of aromatic nitrogens is 1. The van der Waals surface area contributed by atoms with Gasteiger partial charge in [-0.05, 0) is 31.2 Å². The number of hydrogen-bond donors (Lipinski definition) is 1. The topological polar surface area (TPSA) is 24.9 Å². The van der Waals surface area contributed by atoms with Crippen LogP contribution in [0.15, 0.2) is 40.3 Å². The molecule has 1 aromatic carbocycles. The molecule has 0 aliphatic rings. The molecule has 0 saturated heterocycles. The zero-order chi connectivity index (χ0) is 10.7. The standard InChI is InChI=1S/C11H11BrN2S/c1-8(11-13-6-7-15-11)14-10-4-2-9(12)3-5-10/h2-8,14H,1H3. The van der Waals surface area contributed by atoms with Gasteiger partial charge < -0.3 is 5.32 Å². The Balaban J connectivity index is 2.06. The van der Waals surface area contributed by atoms with E-state index in [1.165, 1.54) is 0 Å². The smallest absolute Gasteiger partial charge is 0.115 e. The fourth-order valence-electron chi connectivity index (χ4n) is 1.31. The van der Waals surface area contributed by atoms with Gasteiger partial charge in [0.1, 0.15) is 5.01 Å². The monoisotopic (exact) mass is 282 g/mol. The lowest BCUT2D eigenvalue weighted by Crippen LogP contribution is -2.05. The molecule has 0 aliphatic heterocycles. The third kappa shape index (κ3) is 2.79. The molecule has 1 heterocycles. The molecule has 1 aromatic heterocycles. The van der Waals surface area contributed by atoms with Crippen LogP contribution in [0.4, 0.5) is 5.69 Å². The van der Waals surface area contributed by atoms with E-state index in [9.17, 15) is 0 Å². The Labute approximate surface area is 101 Å². The fourth-order valence-corrected chi connectivity index (χ4v) is 2.22. The quantitative estimate of drug-likeness (QED) is 0.918. The number of hydrogen-bond acceptors (Lipinski definition) is 3. The zero-order valence-electron chi connectivity index (χ0n) is 8.27. The Hall–Kier alpha value is -0.870. The molecule has 2 aromatic rings. The lowest BCUT2D eigenvalue weighted by atomic mass is 10.3. The zero-order valence-corrected chi connectivity index (χ0v) is 10.7. The van der Waals surface area contributed by atoms with Crippen molar-refractivity contribution in [1.29, 1.82) is 0 Å². The van der Waals surface area contributed by atoms with Gasteiger partial charge in [0.15, 0.2) is 0 Å². The van der Waals surface area contributed by atoms with Crippen molar-refractivity contribution in [3.05, 3.63) is 45.3 Å². The van der Waals surface area contributed by atoms with Crippen LogP contribution in [0.1, 0.15) is 18.0 Å². The van der Waals surface area contributed by atoms with Crippen molar-refractivity contribution >= 4 is 33.0 Å². The minimum atomic E-state index is 0.256. The molecule has 0 amide bonds. The normalized spacial score (nSPS) is 12.4. The maximum absolute atomic E-state index is 4.28. The summed E-state index contributed by atoms with van der Waals surface area (Å²) < 4.78 is 1.09. The van der Waals surface area contributed by atoms with Crippen LogP contribution in [0.2, 0.25) is 0 Å². The van der Waals surface area contributed by atoms with Crippen LogP contribution >= 0.6 is 27.3 Å². The predicted molar refractivity (Wildman–Crippen MR) is 68.3 cm³/mol. The Morgan fingerprint density at radius 1 is 1.33 bits per heavy atom. The average molecular weight is 283 g/mol. The highest BCUT2D eigenvalue weighted by molar-refractivity contribution is 9.10. The van der Waals surface area contributed by atoms with E-state index in [4.69, 9.17) is 0 Å². The summed E-state index contributed by atoms with van der Waals surface area (Å²) in [6, 6.07) is 8.40. The predicted octanol–water partition coefficient (Wildman–Crippen LogP) is 4.08. The molecule has 0 bridgehead atoms. The number of thiazole rings is 1. The average Bonchev–Trinajstić information content (AvgIpc) is 2.74. The summed E-state index contributed by atoms with van der Waals surface area (Å²) in [7, 11) is 0. The molecular weight excluding hydrogens is 272 g/mol. The van der Waals surface area contributed by atoms with E-state index >= 15 is 0 Å². The maximum Gasteiger partial charge on any atom is 0.115 e. The summed E-state index contributed by atoms with van der Waals surface area (Å²) in [6.07, 6.45) is 1.83. The van der Waals surface area contributed by atoms with E-state index in [-0.39, 0.29) is 6.04 Å². The minimum Gasteiger partial charge on any atom is -0.376 e. The second kappa shape index (κ2) is 4.77. The summed E-state index contributed by atoms with van der Waals surface area (Å²) in [5.41, 5.74) is 1.11. The first kappa shape index (κ1) is 10.6. The third-order valence-electron chi connectivity index (χ3n) is 2.05. The van der Waals surface area contributed by atoms with Crippen LogP contribution in [-0.2, 0) is 0 Å². The fraction of sp³-hybridized carbons (Fsp3) is 0.182. The molecule has 78 valence electrons. The van der Waals surface area contributed by atoms with Crippen molar-refractivity contribution in [2.75, 3.05) is 5.32 Å². The third-order valence-corrected chi connectivity index (χ3v) is 3.54. The molecule has 0 aliphatic carbocycles. The lowest BCUT2D eigenvalue weighted by molar-refractivity contribution is 0.870. The summed E-state index contributed by atoms with van der Waals surface area (Å²) in [5, 5.41) is 6.50. The van der Waals surface area contributed by atoms with Gasteiger partial charge in [0.2, 0.25) is 0 Å². The molecule has 4 heteroatoms. The van der Waals surface area contributed by atoms with Gasteiger partial charge in [-0.1, -0.05) is 15.9 Å². The van der Waals surface area contributed by atoms with Crippen LogP contribution in [0.3, 0.4) is 0 Å². The lowest BCUT2D eigenvalue weighted by Gasteiger charge is -2.12. The van der Waals surface area contributed by atoms with E-state index in [2.05, 4.69) is 33.2 Å². The van der Waals surface area contributed by atoms with Crippen molar-refractivity contribution in [2.45, 2.75) is 13.0 Å². The van der Waals surface area contributed by atoms with Crippen LogP contribution in [-0.4, -0.2) is 4.98 Å². The summed E-state index contributed by atoms with van der Waals surface area (Å²) in [4.78, 5) is 4.28. The second-order valence-corrected chi connectivity index (χ2v) is 5.09. The number of nitrogens with zero attached hydrogens (tertiary/aromatic N) is 1. The highest BCUT2D eigenvalue weighted by Crippen LogP contribution is 2.21. The van der Waals surface area contributed by atoms with E-state index in [1.807, 2.05) is 35.8 Å². The van der Waals surface area contributed by atoms with Crippen molar-refractivity contribution in [1.82, 2.24) is 4.98 Å².